The Kier molecular flexibility index (Phi) is 9.40. The van der Waals surface area contributed by atoms with Crippen LogP contribution in [0.15, 0.2) is 0 Å². The van der Waals surface area contributed by atoms with Gasteiger partial charge < -0.3 is 4.74 Å². The van der Waals surface area contributed by atoms with Crippen LogP contribution in [0.3, 0.4) is 0 Å². The molecule has 0 aliphatic carbocycles. The van der Waals surface area contributed by atoms with E-state index in [1.54, 1.807) is 0 Å². The van der Waals surface area contributed by atoms with Crippen molar-refractivity contribution in [3.63, 3.8) is 0 Å². The zero-order chi connectivity index (χ0) is 12.3. The van der Waals surface area contributed by atoms with Gasteiger partial charge in [-0.25, -0.2) is 0 Å². The number of hydrogen-bond acceptors (Lipinski definition) is 2. The average molecular weight is 306 g/mol. The predicted molar refractivity (Wildman–Crippen MR) is 78.0 cm³/mol. The van der Waals surface area contributed by atoms with Crippen molar-refractivity contribution >= 4 is 15.9 Å². The van der Waals surface area contributed by atoms with Crippen molar-refractivity contribution < 1.29 is 4.74 Å². The highest BCUT2D eigenvalue weighted by molar-refractivity contribution is 9.09. The van der Waals surface area contributed by atoms with Gasteiger partial charge in [0.05, 0.1) is 13.2 Å². The molecule has 0 aromatic heterocycles. The van der Waals surface area contributed by atoms with E-state index in [1.807, 2.05) is 0 Å². The van der Waals surface area contributed by atoms with E-state index in [2.05, 4.69) is 27.8 Å². The summed E-state index contributed by atoms with van der Waals surface area (Å²) in [4.78, 5) is 2.58. The molecule has 3 heteroatoms. The number of unbranched alkanes of at least 4 members (excludes halogenated alkanes) is 6. The Labute approximate surface area is 115 Å². The molecule has 0 aromatic rings. The van der Waals surface area contributed by atoms with Gasteiger partial charge in [0.25, 0.3) is 0 Å². The molecular formula is C14H28BrNO. The Bertz CT molecular complexity index is 178. The summed E-state index contributed by atoms with van der Waals surface area (Å²) in [6.45, 7) is 6.53. The van der Waals surface area contributed by atoms with Crippen LogP contribution in [0.4, 0.5) is 0 Å². The maximum atomic E-state index is 5.45. The monoisotopic (exact) mass is 305 g/mol. The molecule has 1 aliphatic rings. The van der Waals surface area contributed by atoms with Crippen LogP contribution in [0.25, 0.3) is 0 Å². The quantitative estimate of drug-likeness (QED) is 0.474. The van der Waals surface area contributed by atoms with Gasteiger partial charge in [0, 0.05) is 17.9 Å². The molecule has 1 atom stereocenters. The molecule has 0 bridgehead atoms. The van der Waals surface area contributed by atoms with E-state index >= 15 is 0 Å². The third-order valence-electron chi connectivity index (χ3n) is 3.58. The topological polar surface area (TPSA) is 12.5 Å². The van der Waals surface area contributed by atoms with Gasteiger partial charge in [-0.2, -0.15) is 0 Å². The fourth-order valence-corrected chi connectivity index (χ4v) is 2.78. The number of ether oxygens (including phenoxy) is 1. The SMILES string of the molecule is CC1COCCN1CCCCCCCCCBr. The minimum Gasteiger partial charge on any atom is -0.379 e. The van der Waals surface area contributed by atoms with Gasteiger partial charge in [-0.05, 0) is 26.3 Å². The zero-order valence-corrected chi connectivity index (χ0v) is 12.9. The molecule has 102 valence electrons. The highest BCUT2D eigenvalue weighted by Crippen LogP contribution is 2.11. The highest BCUT2D eigenvalue weighted by Gasteiger charge is 2.17. The van der Waals surface area contributed by atoms with Gasteiger partial charge in [-0.1, -0.05) is 48.0 Å². The fraction of sp³-hybridized carbons (Fsp3) is 1.00. The molecule has 1 fully saturated rings. The first-order valence-corrected chi connectivity index (χ1v) is 8.34. The van der Waals surface area contributed by atoms with Gasteiger partial charge in [-0.15, -0.1) is 0 Å². The molecule has 0 amide bonds. The molecule has 1 rings (SSSR count). The van der Waals surface area contributed by atoms with Crippen molar-refractivity contribution in [2.75, 3.05) is 31.6 Å². The first kappa shape index (κ1) is 15.5. The minimum atomic E-state index is 0.627. The van der Waals surface area contributed by atoms with E-state index in [4.69, 9.17) is 4.74 Å². The summed E-state index contributed by atoms with van der Waals surface area (Å²) in [5.74, 6) is 0. The summed E-state index contributed by atoms with van der Waals surface area (Å²) in [6.07, 6.45) is 9.75. The molecule has 1 saturated heterocycles. The lowest BCUT2D eigenvalue weighted by Crippen LogP contribution is -2.43. The molecule has 0 spiro atoms. The Hall–Kier alpha value is 0.400. The van der Waals surface area contributed by atoms with Crippen LogP contribution >= 0.6 is 15.9 Å². The molecule has 0 radical (unpaired) electrons. The van der Waals surface area contributed by atoms with Crippen LogP contribution in [0.5, 0.6) is 0 Å². The van der Waals surface area contributed by atoms with Gasteiger partial charge in [-0.3, -0.25) is 4.90 Å². The van der Waals surface area contributed by atoms with Crippen LogP contribution in [0.2, 0.25) is 0 Å². The Morgan fingerprint density at radius 1 is 1.06 bits per heavy atom. The summed E-state index contributed by atoms with van der Waals surface area (Å²) in [5, 5.41) is 1.17. The maximum Gasteiger partial charge on any atom is 0.0619 e. The Morgan fingerprint density at radius 3 is 2.35 bits per heavy atom. The second-order valence-electron chi connectivity index (χ2n) is 5.12. The molecular weight excluding hydrogens is 278 g/mol. The number of morpholine rings is 1. The van der Waals surface area contributed by atoms with Crippen LogP contribution in [-0.4, -0.2) is 42.6 Å². The highest BCUT2D eigenvalue weighted by atomic mass is 79.9. The zero-order valence-electron chi connectivity index (χ0n) is 11.3. The van der Waals surface area contributed by atoms with Gasteiger partial charge in [0.2, 0.25) is 0 Å². The van der Waals surface area contributed by atoms with Crippen LogP contribution in [0, 0.1) is 0 Å². The first-order chi connectivity index (χ1) is 8.34. The van der Waals surface area contributed by atoms with E-state index in [0.29, 0.717) is 6.04 Å². The second-order valence-corrected chi connectivity index (χ2v) is 5.92. The van der Waals surface area contributed by atoms with Crippen LogP contribution in [-0.2, 0) is 4.74 Å². The van der Waals surface area contributed by atoms with E-state index in [0.717, 1.165) is 19.8 Å². The molecule has 17 heavy (non-hydrogen) atoms. The van der Waals surface area contributed by atoms with Gasteiger partial charge >= 0.3 is 0 Å². The molecule has 0 saturated carbocycles. The number of alkyl halides is 1. The van der Waals surface area contributed by atoms with Crippen molar-refractivity contribution in [1.82, 2.24) is 4.90 Å². The van der Waals surface area contributed by atoms with Crippen molar-refractivity contribution in [2.45, 2.75) is 57.9 Å². The van der Waals surface area contributed by atoms with Crippen molar-refractivity contribution in [3.05, 3.63) is 0 Å². The summed E-state index contributed by atoms with van der Waals surface area (Å²) in [7, 11) is 0. The molecule has 0 N–H and O–H groups in total. The summed E-state index contributed by atoms with van der Waals surface area (Å²) in [6, 6.07) is 0.627. The summed E-state index contributed by atoms with van der Waals surface area (Å²) >= 11 is 3.48. The van der Waals surface area contributed by atoms with Crippen LogP contribution < -0.4 is 0 Å². The molecule has 0 aromatic carbocycles. The minimum absolute atomic E-state index is 0.627. The fourth-order valence-electron chi connectivity index (χ4n) is 2.39. The predicted octanol–water partition coefficient (Wildman–Crippen LogP) is 3.83. The number of halogens is 1. The normalized spacial score (nSPS) is 21.9. The third-order valence-corrected chi connectivity index (χ3v) is 4.14. The lowest BCUT2D eigenvalue weighted by atomic mass is 10.1. The molecule has 1 aliphatic heterocycles. The number of rotatable bonds is 9. The molecule has 1 unspecified atom stereocenters. The van der Waals surface area contributed by atoms with E-state index in [-0.39, 0.29) is 0 Å². The lowest BCUT2D eigenvalue weighted by molar-refractivity contribution is -0.000919. The largest absolute Gasteiger partial charge is 0.379 e. The van der Waals surface area contributed by atoms with Crippen molar-refractivity contribution in [3.8, 4) is 0 Å². The first-order valence-electron chi connectivity index (χ1n) is 7.22. The van der Waals surface area contributed by atoms with E-state index < -0.39 is 0 Å². The molecule has 2 nitrogen and oxygen atoms in total. The van der Waals surface area contributed by atoms with Crippen molar-refractivity contribution in [2.24, 2.45) is 0 Å². The average Bonchev–Trinajstić information content (AvgIpc) is 2.35. The third kappa shape index (κ3) is 7.43. The van der Waals surface area contributed by atoms with Crippen LogP contribution in [0.1, 0.15) is 51.9 Å². The Morgan fingerprint density at radius 2 is 1.71 bits per heavy atom. The number of hydrogen-bond donors (Lipinski definition) is 0. The van der Waals surface area contributed by atoms with Gasteiger partial charge in [0.15, 0.2) is 0 Å². The molecule has 1 heterocycles. The number of nitrogens with zero attached hydrogens (tertiary/aromatic N) is 1. The summed E-state index contributed by atoms with van der Waals surface area (Å²) in [5.41, 5.74) is 0. The van der Waals surface area contributed by atoms with E-state index in [1.165, 1.54) is 56.8 Å². The smallest absolute Gasteiger partial charge is 0.0619 e. The standard InChI is InChI=1S/C14H28BrNO/c1-14-13-17-12-11-16(14)10-8-6-4-2-3-5-7-9-15/h14H,2-13H2,1H3. The Balaban J connectivity index is 1.86. The van der Waals surface area contributed by atoms with Gasteiger partial charge in [0.1, 0.15) is 0 Å². The maximum absolute atomic E-state index is 5.45. The van der Waals surface area contributed by atoms with E-state index in [9.17, 15) is 0 Å². The second kappa shape index (κ2) is 10.3. The summed E-state index contributed by atoms with van der Waals surface area (Å²) < 4.78 is 5.45. The lowest BCUT2D eigenvalue weighted by Gasteiger charge is -2.33. The van der Waals surface area contributed by atoms with Crippen molar-refractivity contribution in [1.29, 1.82) is 0 Å².